The average molecular weight is 338 g/mol. The lowest BCUT2D eigenvalue weighted by Crippen LogP contribution is -2.29. The molecule has 1 aromatic carbocycles. The number of ether oxygens (including phenoxy) is 1. The number of hydrogen-bond donors (Lipinski definition) is 1. The van der Waals surface area contributed by atoms with E-state index in [-0.39, 0.29) is 12.5 Å². The first-order valence-corrected chi connectivity index (χ1v) is 8.42. The van der Waals surface area contributed by atoms with Gasteiger partial charge in [-0.05, 0) is 38.0 Å². The third-order valence-electron chi connectivity index (χ3n) is 3.91. The van der Waals surface area contributed by atoms with Crippen LogP contribution in [0.25, 0.3) is 16.7 Å². The summed E-state index contributed by atoms with van der Waals surface area (Å²) in [6.07, 6.45) is 0.893. The zero-order chi connectivity index (χ0) is 17.8. The molecule has 25 heavy (non-hydrogen) atoms. The Hall–Kier alpha value is -2.89. The van der Waals surface area contributed by atoms with E-state index in [1.807, 2.05) is 61.9 Å². The highest BCUT2D eigenvalue weighted by atomic mass is 16.5. The van der Waals surface area contributed by atoms with Crippen molar-refractivity contribution in [3.63, 3.8) is 0 Å². The second-order valence-corrected chi connectivity index (χ2v) is 5.95. The van der Waals surface area contributed by atoms with E-state index in [4.69, 9.17) is 4.74 Å². The number of fused-ring (bicyclic) bond motifs is 1. The van der Waals surface area contributed by atoms with E-state index >= 15 is 0 Å². The molecule has 0 aliphatic heterocycles. The number of amides is 1. The number of nitrogens with one attached hydrogen (secondary N) is 1. The zero-order valence-electron chi connectivity index (χ0n) is 14.7. The summed E-state index contributed by atoms with van der Waals surface area (Å²) in [6, 6.07) is 11.7. The molecule has 0 saturated carbocycles. The molecular formula is C19H22N4O2. The standard InChI is InChI=1S/C19H22N4O2/c1-4-10-20-16(24)12-25-17-11-13(2)18-14(3)22-23(19(18)21-17)15-8-6-5-7-9-15/h5-9,11H,4,10,12H2,1-3H3,(H,20,24). The van der Waals surface area contributed by atoms with E-state index in [1.165, 1.54) is 0 Å². The fourth-order valence-electron chi connectivity index (χ4n) is 2.75. The van der Waals surface area contributed by atoms with Gasteiger partial charge in [-0.3, -0.25) is 4.79 Å². The van der Waals surface area contributed by atoms with E-state index in [0.717, 1.165) is 34.4 Å². The number of benzene rings is 1. The Morgan fingerprint density at radius 3 is 2.72 bits per heavy atom. The maximum absolute atomic E-state index is 11.7. The van der Waals surface area contributed by atoms with Gasteiger partial charge in [-0.1, -0.05) is 25.1 Å². The van der Waals surface area contributed by atoms with E-state index in [9.17, 15) is 4.79 Å². The smallest absolute Gasteiger partial charge is 0.258 e. The van der Waals surface area contributed by atoms with Gasteiger partial charge in [-0.15, -0.1) is 0 Å². The van der Waals surface area contributed by atoms with Crippen LogP contribution in [-0.4, -0.2) is 33.8 Å². The quantitative estimate of drug-likeness (QED) is 0.750. The van der Waals surface area contributed by atoms with Crippen LogP contribution in [0.2, 0.25) is 0 Å². The van der Waals surface area contributed by atoms with Crippen LogP contribution in [0.15, 0.2) is 36.4 Å². The fraction of sp³-hybridized carbons (Fsp3) is 0.316. The maximum atomic E-state index is 11.7. The monoisotopic (exact) mass is 338 g/mol. The summed E-state index contributed by atoms with van der Waals surface area (Å²) in [4.78, 5) is 16.3. The van der Waals surface area contributed by atoms with Crippen molar-refractivity contribution in [2.24, 2.45) is 0 Å². The number of para-hydroxylation sites is 1. The number of pyridine rings is 1. The lowest BCUT2D eigenvalue weighted by atomic mass is 10.2. The molecule has 0 aliphatic rings. The van der Waals surface area contributed by atoms with Gasteiger partial charge in [-0.25, -0.2) is 4.68 Å². The lowest BCUT2D eigenvalue weighted by Gasteiger charge is -2.08. The van der Waals surface area contributed by atoms with Crippen LogP contribution in [0.3, 0.4) is 0 Å². The van der Waals surface area contributed by atoms with Crippen LogP contribution < -0.4 is 10.1 Å². The highest BCUT2D eigenvalue weighted by Crippen LogP contribution is 2.26. The molecular weight excluding hydrogens is 316 g/mol. The Labute approximate surface area is 146 Å². The van der Waals surface area contributed by atoms with Gasteiger partial charge < -0.3 is 10.1 Å². The van der Waals surface area contributed by atoms with Crippen molar-refractivity contribution in [3.05, 3.63) is 47.7 Å². The highest BCUT2D eigenvalue weighted by molar-refractivity contribution is 5.84. The summed E-state index contributed by atoms with van der Waals surface area (Å²) in [5.74, 6) is 0.280. The highest BCUT2D eigenvalue weighted by Gasteiger charge is 2.15. The molecule has 1 N–H and O–H groups in total. The summed E-state index contributed by atoms with van der Waals surface area (Å²) < 4.78 is 7.40. The predicted molar refractivity (Wildman–Crippen MR) is 97.1 cm³/mol. The van der Waals surface area contributed by atoms with Crippen molar-refractivity contribution in [2.45, 2.75) is 27.2 Å². The summed E-state index contributed by atoms with van der Waals surface area (Å²) in [5.41, 5.74) is 3.60. The summed E-state index contributed by atoms with van der Waals surface area (Å²) in [7, 11) is 0. The van der Waals surface area contributed by atoms with E-state index in [2.05, 4.69) is 15.4 Å². The largest absolute Gasteiger partial charge is 0.468 e. The van der Waals surface area contributed by atoms with Crippen LogP contribution in [0.5, 0.6) is 5.88 Å². The number of aryl methyl sites for hydroxylation is 2. The normalized spacial score (nSPS) is 10.8. The van der Waals surface area contributed by atoms with Gasteiger partial charge in [0.1, 0.15) is 0 Å². The second-order valence-electron chi connectivity index (χ2n) is 5.95. The third kappa shape index (κ3) is 3.63. The minimum absolute atomic E-state index is 0.0452. The van der Waals surface area contributed by atoms with Crippen LogP contribution in [0.4, 0.5) is 0 Å². The number of hydrogen-bond acceptors (Lipinski definition) is 4. The van der Waals surface area contributed by atoms with Crippen molar-refractivity contribution in [3.8, 4) is 11.6 Å². The number of carbonyl (C=O) groups is 1. The lowest BCUT2D eigenvalue weighted by molar-refractivity contribution is -0.123. The second kappa shape index (κ2) is 7.34. The zero-order valence-corrected chi connectivity index (χ0v) is 14.7. The molecule has 3 aromatic rings. The number of carbonyl (C=O) groups excluding carboxylic acids is 1. The van der Waals surface area contributed by atoms with Crippen LogP contribution in [0, 0.1) is 13.8 Å². The molecule has 0 atom stereocenters. The molecule has 130 valence electrons. The SMILES string of the molecule is CCCNC(=O)COc1cc(C)c2c(C)nn(-c3ccccc3)c2n1. The third-order valence-corrected chi connectivity index (χ3v) is 3.91. The molecule has 0 spiro atoms. The number of rotatable bonds is 6. The Bertz CT molecular complexity index is 887. The van der Waals surface area contributed by atoms with Crippen molar-refractivity contribution in [2.75, 3.05) is 13.2 Å². The summed E-state index contributed by atoms with van der Waals surface area (Å²) in [5, 5.41) is 8.41. The molecule has 3 rings (SSSR count). The number of nitrogens with zero attached hydrogens (tertiary/aromatic N) is 3. The molecule has 0 fully saturated rings. The van der Waals surface area contributed by atoms with Gasteiger partial charge in [0.05, 0.1) is 11.4 Å². The minimum atomic E-state index is -0.144. The Morgan fingerprint density at radius 2 is 2.00 bits per heavy atom. The van der Waals surface area contributed by atoms with Gasteiger partial charge in [0, 0.05) is 18.0 Å². The molecule has 2 aromatic heterocycles. The van der Waals surface area contributed by atoms with Crippen LogP contribution in [-0.2, 0) is 4.79 Å². The molecule has 0 unspecified atom stereocenters. The molecule has 0 bridgehead atoms. The number of aromatic nitrogens is 3. The average Bonchev–Trinajstić information content (AvgIpc) is 2.96. The molecule has 2 heterocycles. The first-order chi connectivity index (χ1) is 12.1. The molecule has 6 nitrogen and oxygen atoms in total. The minimum Gasteiger partial charge on any atom is -0.468 e. The first kappa shape index (κ1) is 17.0. The molecule has 0 saturated heterocycles. The molecule has 1 amide bonds. The van der Waals surface area contributed by atoms with Gasteiger partial charge in [0.25, 0.3) is 5.91 Å². The van der Waals surface area contributed by atoms with Gasteiger partial charge in [0.15, 0.2) is 12.3 Å². The van der Waals surface area contributed by atoms with Crippen molar-refractivity contribution in [1.29, 1.82) is 0 Å². The Balaban J connectivity index is 1.93. The van der Waals surface area contributed by atoms with E-state index < -0.39 is 0 Å². The predicted octanol–water partition coefficient (Wildman–Crippen LogP) is 2.94. The molecule has 0 radical (unpaired) electrons. The van der Waals surface area contributed by atoms with Crippen molar-refractivity contribution >= 4 is 16.9 Å². The van der Waals surface area contributed by atoms with E-state index in [1.54, 1.807) is 0 Å². The maximum Gasteiger partial charge on any atom is 0.258 e. The van der Waals surface area contributed by atoms with Crippen LogP contribution >= 0.6 is 0 Å². The summed E-state index contributed by atoms with van der Waals surface area (Å²) >= 11 is 0. The van der Waals surface area contributed by atoms with Gasteiger partial charge in [-0.2, -0.15) is 10.1 Å². The fourth-order valence-corrected chi connectivity index (χ4v) is 2.75. The van der Waals surface area contributed by atoms with Crippen LogP contribution in [0.1, 0.15) is 24.6 Å². The topological polar surface area (TPSA) is 69.0 Å². The van der Waals surface area contributed by atoms with E-state index in [0.29, 0.717) is 12.4 Å². The van der Waals surface area contributed by atoms with Gasteiger partial charge >= 0.3 is 0 Å². The Kier molecular flexibility index (Phi) is 4.97. The van der Waals surface area contributed by atoms with Gasteiger partial charge in [0.2, 0.25) is 5.88 Å². The van der Waals surface area contributed by atoms with Crippen molar-refractivity contribution < 1.29 is 9.53 Å². The Morgan fingerprint density at radius 1 is 1.24 bits per heavy atom. The van der Waals surface area contributed by atoms with Crippen molar-refractivity contribution in [1.82, 2.24) is 20.1 Å². The molecule has 0 aliphatic carbocycles. The first-order valence-electron chi connectivity index (χ1n) is 8.42. The molecule has 6 heteroatoms. The summed E-state index contributed by atoms with van der Waals surface area (Å²) in [6.45, 7) is 6.57.